The fourth-order valence-electron chi connectivity index (χ4n) is 4.25. The third-order valence-corrected chi connectivity index (χ3v) is 7.76. The molecule has 0 saturated carbocycles. The normalized spacial score (nSPS) is 9.42. The van der Waals surface area contributed by atoms with Crippen LogP contribution in [0.4, 0.5) is 19.2 Å². The van der Waals surface area contributed by atoms with E-state index in [2.05, 4.69) is 79.6 Å². The Labute approximate surface area is 401 Å². The fourth-order valence-corrected chi connectivity index (χ4v) is 4.25. The molecule has 0 radical (unpaired) electrons. The molecule has 0 saturated heterocycles. The van der Waals surface area contributed by atoms with Gasteiger partial charge in [-0.3, -0.25) is 0 Å². The standard InChI is InChI=1S/C26H28N2O8.C20H28N2O8.C3H4/c1-3-23(29)33-13-15-35-25(31)27-17-19-5-9-21(10-6-19)22-11-7-20(8-12-22)18-28-26(32)36-16-14-34-24(30)4-2;1-13(2)17(23)27-7-9-29-19(25)21-11-15(5)16(6)12-22-20(26)30-10-8-28-18(24)14(3)4;1-3-2/h3-12H,1-2,13-18H2,(H,27,31)(H,28,32);1,3,5-12H2,2,4H3,(H,21,25)(H,22,26);1-2H2. The summed E-state index contributed by atoms with van der Waals surface area (Å²) in [4.78, 5) is 90.6. The van der Waals surface area contributed by atoms with E-state index in [0.717, 1.165) is 34.4 Å². The van der Waals surface area contributed by atoms with Gasteiger partial charge in [0, 0.05) is 49.5 Å². The zero-order valence-corrected chi connectivity index (χ0v) is 38.9. The van der Waals surface area contributed by atoms with Crippen LogP contribution in [-0.4, -0.2) is 114 Å². The number of rotatable bonds is 26. The molecule has 2 aromatic rings. The van der Waals surface area contributed by atoms with E-state index in [4.69, 9.17) is 37.9 Å². The second-order valence-corrected chi connectivity index (χ2v) is 13.4. The van der Waals surface area contributed by atoms with Crippen molar-refractivity contribution >= 4 is 48.3 Å². The average Bonchev–Trinajstić information content (AvgIpc) is 3.34. The maximum absolute atomic E-state index is 11.7. The van der Waals surface area contributed by atoms with Crippen molar-refractivity contribution in [3.63, 3.8) is 0 Å². The van der Waals surface area contributed by atoms with Gasteiger partial charge >= 0.3 is 48.3 Å². The first kappa shape index (κ1) is 60.4. The first-order valence-electron chi connectivity index (χ1n) is 20.6. The van der Waals surface area contributed by atoms with Gasteiger partial charge in [0.2, 0.25) is 0 Å². The SMILES string of the molecule is C=C(C)C(=O)OCCOC(=O)NCC(=C)C(=C)CNC(=O)OCCOC(=O)C(=C)C.C=C=C.C=CC(=O)OCCOC(=O)NCc1ccc(-c2ccc(CNC(=O)OCCOC(=O)C=C)cc2)cc1. The zero-order chi connectivity index (χ0) is 52.0. The van der Waals surface area contributed by atoms with Gasteiger partial charge in [0.05, 0.1) is 0 Å². The van der Waals surface area contributed by atoms with Gasteiger partial charge in [-0.15, -0.1) is 5.73 Å². The summed E-state index contributed by atoms with van der Waals surface area (Å²) in [6.45, 7) is 30.2. The maximum atomic E-state index is 11.7. The highest BCUT2D eigenvalue weighted by molar-refractivity contribution is 5.87. The molecule has 2 rings (SSSR count). The molecule has 4 amide bonds. The summed E-state index contributed by atoms with van der Waals surface area (Å²) in [5, 5.41) is 10.1. The van der Waals surface area contributed by atoms with Crippen molar-refractivity contribution in [1.29, 1.82) is 0 Å². The van der Waals surface area contributed by atoms with Gasteiger partial charge in [0.15, 0.2) is 0 Å². The monoisotopic (exact) mass is 960 g/mol. The lowest BCUT2D eigenvalue weighted by atomic mass is 10.0. The first-order valence-corrected chi connectivity index (χ1v) is 20.6. The van der Waals surface area contributed by atoms with Crippen LogP contribution >= 0.6 is 0 Å². The molecule has 0 aliphatic rings. The van der Waals surface area contributed by atoms with E-state index in [1.807, 2.05) is 48.5 Å². The van der Waals surface area contributed by atoms with Crippen LogP contribution in [0.1, 0.15) is 25.0 Å². The van der Waals surface area contributed by atoms with Crippen molar-refractivity contribution in [2.75, 3.05) is 65.9 Å². The summed E-state index contributed by atoms with van der Waals surface area (Å²) in [6, 6.07) is 15.3. The van der Waals surface area contributed by atoms with Gasteiger partial charge in [0.1, 0.15) is 52.9 Å². The van der Waals surface area contributed by atoms with Gasteiger partial charge in [-0.1, -0.05) is 101 Å². The molecule has 0 aromatic heterocycles. The second-order valence-electron chi connectivity index (χ2n) is 13.4. The molecule has 0 fully saturated rings. The maximum Gasteiger partial charge on any atom is 0.407 e. The van der Waals surface area contributed by atoms with Crippen LogP contribution in [0, 0.1) is 0 Å². The van der Waals surface area contributed by atoms with Crippen LogP contribution in [0.15, 0.2) is 141 Å². The number of alkyl carbamates (subject to hydrolysis) is 4. The number of ether oxygens (including phenoxy) is 8. The lowest BCUT2D eigenvalue weighted by Crippen LogP contribution is -2.31. The van der Waals surface area contributed by atoms with Gasteiger partial charge in [0.25, 0.3) is 0 Å². The Hall–Kier alpha value is -8.64. The Morgan fingerprint density at radius 3 is 0.986 bits per heavy atom. The number of esters is 4. The summed E-state index contributed by atoms with van der Waals surface area (Å²) in [5.74, 6) is -2.29. The third-order valence-electron chi connectivity index (χ3n) is 7.76. The van der Waals surface area contributed by atoms with E-state index < -0.39 is 48.3 Å². The summed E-state index contributed by atoms with van der Waals surface area (Å²) in [6.07, 6.45) is -0.619. The van der Waals surface area contributed by atoms with Gasteiger partial charge in [-0.2, -0.15) is 0 Å². The average molecular weight is 961 g/mol. The molecule has 0 spiro atoms. The van der Waals surface area contributed by atoms with Crippen LogP contribution in [0.3, 0.4) is 0 Å². The highest BCUT2D eigenvalue weighted by Crippen LogP contribution is 2.20. The molecule has 4 N–H and O–H groups in total. The molecule has 0 bridgehead atoms. The number of carbonyl (C=O) groups is 8. The minimum Gasteiger partial charge on any atom is -0.459 e. The Bertz CT molecular complexity index is 1990. The zero-order valence-electron chi connectivity index (χ0n) is 38.9. The largest absolute Gasteiger partial charge is 0.459 e. The third kappa shape index (κ3) is 31.0. The quantitative estimate of drug-likeness (QED) is 0.0210. The lowest BCUT2D eigenvalue weighted by molar-refractivity contribution is -0.140. The van der Waals surface area contributed by atoms with E-state index in [0.29, 0.717) is 11.1 Å². The molecule has 0 atom stereocenters. The topological polar surface area (TPSA) is 259 Å². The van der Waals surface area contributed by atoms with E-state index >= 15 is 0 Å². The van der Waals surface area contributed by atoms with E-state index in [-0.39, 0.29) is 90.2 Å². The predicted octanol–water partition coefficient (Wildman–Crippen LogP) is 6.01. The number of carbonyl (C=O) groups excluding carboxylic acids is 8. The van der Waals surface area contributed by atoms with Crippen LogP contribution < -0.4 is 21.3 Å². The van der Waals surface area contributed by atoms with E-state index in [1.54, 1.807) is 0 Å². The Morgan fingerprint density at radius 1 is 0.449 bits per heavy atom. The van der Waals surface area contributed by atoms with Crippen molar-refractivity contribution < 1.29 is 76.3 Å². The highest BCUT2D eigenvalue weighted by Gasteiger charge is 2.11. The molecule has 20 nitrogen and oxygen atoms in total. The molecule has 0 unspecified atom stereocenters. The fraction of sp³-hybridized carbons (Fsp3) is 0.286. The smallest absolute Gasteiger partial charge is 0.407 e. The van der Waals surface area contributed by atoms with Gasteiger partial charge in [-0.05, 0) is 47.2 Å². The van der Waals surface area contributed by atoms with Crippen LogP contribution in [-0.2, 0) is 70.2 Å². The molecular weight excluding hydrogens is 901 g/mol. The summed E-state index contributed by atoms with van der Waals surface area (Å²) in [7, 11) is 0. The minimum atomic E-state index is -0.730. The number of hydrogen-bond acceptors (Lipinski definition) is 16. The van der Waals surface area contributed by atoms with Crippen LogP contribution in [0.2, 0.25) is 0 Å². The van der Waals surface area contributed by atoms with E-state index in [1.165, 1.54) is 13.8 Å². The predicted molar refractivity (Wildman–Crippen MR) is 254 cm³/mol. The molecule has 0 heterocycles. The Morgan fingerprint density at radius 2 is 0.710 bits per heavy atom. The van der Waals surface area contributed by atoms with Gasteiger partial charge in [-0.25, -0.2) is 38.4 Å². The molecule has 0 aliphatic carbocycles. The number of benzene rings is 2. The summed E-state index contributed by atoms with van der Waals surface area (Å²) < 4.78 is 38.5. The molecule has 0 aliphatic heterocycles. The number of amides is 4. The summed E-state index contributed by atoms with van der Waals surface area (Å²) >= 11 is 0. The highest BCUT2D eigenvalue weighted by atomic mass is 16.6. The van der Waals surface area contributed by atoms with Crippen molar-refractivity contribution in [1.82, 2.24) is 21.3 Å². The number of hydrogen-bond donors (Lipinski definition) is 4. The van der Waals surface area contributed by atoms with Crippen molar-refractivity contribution in [3.8, 4) is 11.1 Å². The van der Waals surface area contributed by atoms with Crippen LogP contribution in [0.25, 0.3) is 11.1 Å². The van der Waals surface area contributed by atoms with Crippen molar-refractivity contribution in [3.05, 3.63) is 152 Å². The van der Waals surface area contributed by atoms with Gasteiger partial charge < -0.3 is 59.2 Å². The van der Waals surface area contributed by atoms with E-state index in [9.17, 15) is 38.4 Å². The summed E-state index contributed by atoms with van der Waals surface area (Å²) in [5.41, 5.74) is 7.39. The minimum absolute atomic E-state index is 0.0385. The second kappa shape index (κ2) is 36.6. The molecule has 372 valence electrons. The Balaban J connectivity index is 0.00000129. The molecule has 69 heavy (non-hydrogen) atoms. The van der Waals surface area contributed by atoms with Crippen molar-refractivity contribution in [2.24, 2.45) is 0 Å². The lowest BCUT2D eigenvalue weighted by Gasteiger charge is -2.12. The first-order chi connectivity index (χ1) is 32.9. The Kier molecular flexibility index (Phi) is 32.0. The van der Waals surface area contributed by atoms with Crippen molar-refractivity contribution in [2.45, 2.75) is 26.9 Å². The molecule has 2 aromatic carbocycles. The molecular formula is C49H60N4O16. The number of nitrogens with one attached hydrogen (secondary N) is 4. The molecule has 20 heteroatoms. The van der Waals surface area contributed by atoms with Crippen LogP contribution in [0.5, 0.6) is 0 Å².